The molecular weight excluding hydrogens is 371 g/mol. The Morgan fingerprint density at radius 2 is 2.19 bits per heavy atom. The van der Waals surface area contributed by atoms with Crippen LogP contribution in [0.3, 0.4) is 0 Å². The number of fused-ring (bicyclic) bond motifs is 1. The second-order valence-electron chi connectivity index (χ2n) is 6.56. The van der Waals surface area contributed by atoms with Crippen LogP contribution in [-0.4, -0.2) is 62.9 Å². The van der Waals surface area contributed by atoms with Gasteiger partial charge in [0.2, 0.25) is 0 Å². The van der Waals surface area contributed by atoms with Gasteiger partial charge in [-0.05, 0) is 43.9 Å². The number of allylic oxidation sites excluding steroid dienone is 2. The van der Waals surface area contributed by atoms with Gasteiger partial charge in [-0.3, -0.25) is 4.79 Å². The summed E-state index contributed by atoms with van der Waals surface area (Å²) in [5.41, 5.74) is 0.926. The Labute approximate surface area is 157 Å². The fourth-order valence-electron chi connectivity index (χ4n) is 2.99. The number of carbonyl (C=O) groups excluding carboxylic acids is 1. The Balaban J connectivity index is 1.77. The molecule has 0 fully saturated rings. The number of rotatable bonds is 5. The van der Waals surface area contributed by atoms with Crippen LogP contribution in [0.25, 0.3) is 0 Å². The minimum Gasteiger partial charge on any atom is -0.350 e. The van der Waals surface area contributed by atoms with Gasteiger partial charge in [-0.1, -0.05) is 12.1 Å². The zero-order valence-corrected chi connectivity index (χ0v) is 15.9. The third kappa shape index (κ3) is 4.42. The van der Waals surface area contributed by atoms with Crippen molar-refractivity contribution in [2.45, 2.75) is 6.04 Å². The fraction of sp³-hybridized carbons (Fsp3) is 0.333. The van der Waals surface area contributed by atoms with E-state index < -0.39 is 15.9 Å². The van der Waals surface area contributed by atoms with E-state index in [0.29, 0.717) is 0 Å². The van der Waals surface area contributed by atoms with Gasteiger partial charge in [0.05, 0.1) is 17.4 Å². The third-order valence-corrected chi connectivity index (χ3v) is 5.56. The number of amides is 1. The maximum Gasteiger partial charge on any atom is 0.256 e. The zero-order chi connectivity index (χ0) is 19.6. The predicted molar refractivity (Wildman–Crippen MR) is 101 cm³/mol. The summed E-state index contributed by atoms with van der Waals surface area (Å²) in [6.45, 7) is 0.488. The minimum absolute atomic E-state index is 0.0853. The highest BCUT2D eigenvalue weighted by Crippen LogP contribution is 2.20. The van der Waals surface area contributed by atoms with Crippen LogP contribution in [0.15, 0.2) is 52.6 Å². The van der Waals surface area contributed by atoms with Crippen LogP contribution in [0, 0.1) is 5.82 Å². The van der Waals surface area contributed by atoms with Gasteiger partial charge in [0.15, 0.2) is 5.84 Å². The molecule has 2 aliphatic heterocycles. The highest BCUT2D eigenvalue weighted by molar-refractivity contribution is 7.90. The third-order valence-electron chi connectivity index (χ3n) is 4.41. The summed E-state index contributed by atoms with van der Waals surface area (Å²) in [5.74, 6) is -0.724. The van der Waals surface area contributed by atoms with E-state index in [2.05, 4.69) is 9.71 Å². The van der Waals surface area contributed by atoms with Crippen LogP contribution in [-0.2, 0) is 14.8 Å². The quantitative estimate of drug-likeness (QED) is 0.810. The average molecular weight is 392 g/mol. The molecule has 0 saturated heterocycles. The van der Waals surface area contributed by atoms with Crippen LogP contribution in [0.1, 0.15) is 11.6 Å². The molecule has 1 atom stereocenters. The number of likely N-dealkylation sites (N-methyl/N-ethyl adjacent to an activating group) is 1. The lowest BCUT2D eigenvalue weighted by molar-refractivity contribution is -0.117. The molecule has 0 aliphatic carbocycles. The number of nitrogens with one attached hydrogen (secondary N) is 1. The van der Waals surface area contributed by atoms with Gasteiger partial charge in [-0.2, -0.15) is 0 Å². The van der Waals surface area contributed by atoms with Crippen LogP contribution in [0.5, 0.6) is 0 Å². The lowest BCUT2D eigenvalue weighted by atomic mass is 10.1. The zero-order valence-electron chi connectivity index (χ0n) is 15.1. The summed E-state index contributed by atoms with van der Waals surface area (Å²) in [6, 6.07) is 5.97. The molecule has 9 heteroatoms. The van der Waals surface area contributed by atoms with Crippen molar-refractivity contribution in [1.82, 2.24) is 15.1 Å². The minimum atomic E-state index is -3.57. The standard InChI is InChI=1S/C18H21FN4O3S/c1-22(2)16(13-5-3-6-14(19)11-13)12-20-18(24)15-7-4-8-23-9-10-27(25,26)21-17(15)23/h3-8,11,16H,9-10,12H2,1-2H3,(H,20,24). The molecule has 2 heterocycles. The van der Waals surface area contributed by atoms with E-state index in [-0.39, 0.29) is 42.1 Å². The van der Waals surface area contributed by atoms with Gasteiger partial charge in [0.1, 0.15) is 5.82 Å². The Bertz CT molecular complexity index is 938. The molecule has 0 radical (unpaired) electrons. The molecule has 144 valence electrons. The number of amidine groups is 1. The van der Waals surface area contributed by atoms with Crippen molar-refractivity contribution in [3.05, 3.63) is 59.6 Å². The molecule has 1 aromatic carbocycles. The molecule has 1 amide bonds. The molecule has 7 nitrogen and oxygen atoms in total. The second kappa shape index (κ2) is 7.61. The largest absolute Gasteiger partial charge is 0.350 e. The van der Waals surface area contributed by atoms with Crippen LogP contribution in [0.4, 0.5) is 4.39 Å². The number of sulfonamides is 1. The van der Waals surface area contributed by atoms with Crippen molar-refractivity contribution >= 4 is 21.8 Å². The number of halogens is 1. The van der Waals surface area contributed by atoms with E-state index >= 15 is 0 Å². The monoisotopic (exact) mass is 392 g/mol. The van der Waals surface area contributed by atoms with Gasteiger partial charge in [0, 0.05) is 19.3 Å². The smallest absolute Gasteiger partial charge is 0.256 e. The first-order chi connectivity index (χ1) is 12.8. The molecule has 2 aliphatic rings. The normalized spacial score (nSPS) is 19.2. The molecule has 1 unspecified atom stereocenters. The van der Waals surface area contributed by atoms with E-state index in [0.717, 1.165) is 5.56 Å². The van der Waals surface area contributed by atoms with Crippen LogP contribution < -0.4 is 5.32 Å². The van der Waals surface area contributed by atoms with Gasteiger partial charge < -0.3 is 15.1 Å². The van der Waals surface area contributed by atoms with Gasteiger partial charge in [-0.25, -0.2) is 12.8 Å². The van der Waals surface area contributed by atoms with Crippen molar-refractivity contribution < 1.29 is 17.6 Å². The summed E-state index contributed by atoms with van der Waals surface area (Å²) >= 11 is 0. The van der Waals surface area contributed by atoms with Gasteiger partial charge >= 0.3 is 0 Å². The number of hydrogen-bond donors (Lipinski definition) is 1. The first-order valence-electron chi connectivity index (χ1n) is 8.45. The highest BCUT2D eigenvalue weighted by Gasteiger charge is 2.30. The second-order valence-corrected chi connectivity index (χ2v) is 8.32. The van der Waals surface area contributed by atoms with Crippen molar-refractivity contribution in [1.29, 1.82) is 0 Å². The van der Waals surface area contributed by atoms with E-state index in [4.69, 9.17) is 0 Å². The number of nitrogens with zero attached hydrogens (tertiary/aromatic N) is 3. The molecule has 0 saturated carbocycles. The molecule has 0 bridgehead atoms. The van der Waals surface area contributed by atoms with E-state index in [1.165, 1.54) is 12.1 Å². The van der Waals surface area contributed by atoms with Crippen molar-refractivity contribution in [3.63, 3.8) is 0 Å². The number of hydrogen-bond acceptors (Lipinski definition) is 5. The number of benzene rings is 1. The summed E-state index contributed by atoms with van der Waals surface area (Å²) in [6.07, 6.45) is 4.92. The fourth-order valence-corrected chi connectivity index (χ4v) is 3.98. The van der Waals surface area contributed by atoms with Crippen molar-refractivity contribution in [3.8, 4) is 0 Å². The molecule has 1 N–H and O–H groups in total. The molecule has 0 spiro atoms. The summed E-state index contributed by atoms with van der Waals surface area (Å²) in [7, 11) is 0.104. The topological polar surface area (TPSA) is 82.1 Å². The maximum atomic E-state index is 13.5. The Hall–Kier alpha value is -2.52. The first kappa shape index (κ1) is 19.2. The SMILES string of the molecule is CN(C)C(CNC(=O)C1=CC=CN2CCS(=O)(=O)N=C12)c1cccc(F)c1. The van der Waals surface area contributed by atoms with E-state index in [1.807, 2.05) is 19.0 Å². The summed E-state index contributed by atoms with van der Waals surface area (Å²) < 4.78 is 40.9. The average Bonchev–Trinajstić information content (AvgIpc) is 2.60. The maximum absolute atomic E-state index is 13.5. The molecule has 0 aromatic heterocycles. The number of carbonyl (C=O) groups is 1. The summed E-state index contributed by atoms with van der Waals surface area (Å²) in [5, 5.41) is 2.80. The first-order valence-corrected chi connectivity index (χ1v) is 10.1. The summed E-state index contributed by atoms with van der Waals surface area (Å²) in [4.78, 5) is 16.2. The predicted octanol–water partition coefficient (Wildman–Crippen LogP) is 1.04. The Kier molecular flexibility index (Phi) is 5.43. The van der Waals surface area contributed by atoms with Crippen LogP contribution >= 0.6 is 0 Å². The van der Waals surface area contributed by atoms with Crippen molar-refractivity contribution in [2.24, 2.45) is 4.40 Å². The van der Waals surface area contributed by atoms with Gasteiger partial charge in [0.25, 0.3) is 15.9 Å². The van der Waals surface area contributed by atoms with E-state index in [1.54, 1.807) is 35.4 Å². The van der Waals surface area contributed by atoms with Gasteiger partial charge in [-0.15, -0.1) is 4.40 Å². The molecule has 1 aromatic rings. The molecule has 3 rings (SSSR count). The van der Waals surface area contributed by atoms with Crippen LogP contribution in [0.2, 0.25) is 0 Å². The lowest BCUT2D eigenvalue weighted by Gasteiger charge is -2.29. The Morgan fingerprint density at radius 3 is 2.89 bits per heavy atom. The van der Waals surface area contributed by atoms with Crippen molar-refractivity contribution in [2.75, 3.05) is 32.9 Å². The lowest BCUT2D eigenvalue weighted by Crippen LogP contribution is -2.43. The Morgan fingerprint density at radius 1 is 1.41 bits per heavy atom. The van der Waals surface area contributed by atoms with E-state index in [9.17, 15) is 17.6 Å². The molecule has 27 heavy (non-hydrogen) atoms. The molecular formula is C18H21FN4O3S. The highest BCUT2D eigenvalue weighted by atomic mass is 32.2.